The number of nitrogens with zero attached hydrogens (tertiary/aromatic N) is 1. The van der Waals surface area contributed by atoms with Crippen LogP contribution in [0.25, 0.3) is 0 Å². The molecule has 1 aliphatic rings. The molecule has 0 radical (unpaired) electrons. The van der Waals surface area contributed by atoms with Crippen LogP contribution in [0.1, 0.15) is 43.2 Å². The first kappa shape index (κ1) is 21.1. The Kier molecular flexibility index (Phi) is 8.61. The standard InChI is InChI=1S/C21H31N3O2S2/c1-2-28(25)20-9-3-6-17(16-20)24-21(22-12-10-18-7-4-14-26-18)23-13-11-19-8-5-15-27-19/h4-5,7-8,14-15,17,20H,2-3,6,9-13,16H2,1H3,(H2,22,23,24). The molecule has 154 valence electrons. The van der Waals surface area contributed by atoms with Gasteiger partial charge in [0.2, 0.25) is 0 Å². The van der Waals surface area contributed by atoms with Crippen LogP contribution < -0.4 is 10.6 Å². The van der Waals surface area contributed by atoms with Crippen molar-refractivity contribution in [3.05, 3.63) is 46.5 Å². The Balaban J connectivity index is 1.55. The lowest BCUT2D eigenvalue weighted by Crippen LogP contribution is -2.47. The molecule has 1 fully saturated rings. The third kappa shape index (κ3) is 6.78. The summed E-state index contributed by atoms with van der Waals surface area (Å²) in [6.45, 7) is 3.55. The molecule has 3 rings (SSSR count). The topological polar surface area (TPSA) is 66.6 Å². The number of furan rings is 1. The van der Waals surface area contributed by atoms with Crippen molar-refractivity contribution in [2.75, 3.05) is 18.8 Å². The minimum absolute atomic E-state index is 0.312. The summed E-state index contributed by atoms with van der Waals surface area (Å²) in [5.41, 5.74) is 0. The minimum atomic E-state index is -0.712. The van der Waals surface area contributed by atoms with E-state index in [1.54, 1.807) is 17.6 Å². The van der Waals surface area contributed by atoms with Crippen LogP contribution in [0.15, 0.2) is 45.3 Å². The van der Waals surface area contributed by atoms with Crippen LogP contribution >= 0.6 is 11.3 Å². The van der Waals surface area contributed by atoms with E-state index in [1.807, 2.05) is 19.1 Å². The molecule has 2 heterocycles. The first-order valence-electron chi connectivity index (χ1n) is 10.2. The molecule has 0 aliphatic heterocycles. The largest absolute Gasteiger partial charge is 0.469 e. The number of hydrogen-bond acceptors (Lipinski definition) is 4. The Labute approximate surface area is 174 Å². The lowest BCUT2D eigenvalue weighted by atomic mass is 9.95. The highest BCUT2D eigenvalue weighted by Gasteiger charge is 2.26. The Bertz CT molecular complexity index is 729. The van der Waals surface area contributed by atoms with E-state index in [-0.39, 0.29) is 0 Å². The van der Waals surface area contributed by atoms with Gasteiger partial charge in [0.15, 0.2) is 5.96 Å². The van der Waals surface area contributed by atoms with Crippen molar-refractivity contribution in [2.45, 2.75) is 56.7 Å². The van der Waals surface area contributed by atoms with Gasteiger partial charge in [0.1, 0.15) is 5.76 Å². The SMILES string of the molecule is CCS(=O)C1CCCC(NC(=NCCc2cccs2)NCCc2ccco2)C1. The average Bonchev–Trinajstić information content (AvgIpc) is 3.41. The molecule has 3 atom stereocenters. The third-order valence-corrected chi connectivity index (χ3v) is 7.75. The number of nitrogens with one attached hydrogen (secondary N) is 2. The molecule has 3 unspecified atom stereocenters. The van der Waals surface area contributed by atoms with E-state index in [0.717, 1.165) is 69.1 Å². The van der Waals surface area contributed by atoms with E-state index in [9.17, 15) is 4.21 Å². The van der Waals surface area contributed by atoms with Gasteiger partial charge in [0.05, 0.1) is 6.26 Å². The van der Waals surface area contributed by atoms with E-state index < -0.39 is 10.8 Å². The summed E-state index contributed by atoms with van der Waals surface area (Å²) in [6.07, 6.45) is 7.77. The zero-order valence-corrected chi connectivity index (χ0v) is 18.2. The molecule has 0 bridgehead atoms. The first-order valence-corrected chi connectivity index (χ1v) is 12.5. The third-order valence-electron chi connectivity index (χ3n) is 5.08. The Morgan fingerprint density at radius 1 is 1.32 bits per heavy atom. The molecule has 7 heteroatoms. The maximum absolute atomic E-state index is 12.2. The van der Waals surface area contributed by atoms with Gasteiger partial charge in [0, 0.05) is 58.7 Å². The van der Waals surface area contributed by atoms with Gasteiger partial charge < -0.3 is 15.1 Å². The number of rotatable bonds is 9. The van der Waals surface area contributed by atoms with Gasteiger partial charge in [-0.1, -0.05) is 19.4 Å². The second kappa shape index (κ2) is 11.4. The van der Waals surface area contributed by atoms with Gasteiger partial charge in [-0.3, -0.25) is 9.20 Å². The van der Waals surface area contributed by atoms with Crippen molar-refractivity contribution in [3.63, 3.8) is 0 Å². The number of thiophene rings is 1. The summed E-state index contributed by atoms with van der Waals surface area (Å²) in [4.78, 5) is 6.15. The average molecular weight is 422 g/mol. The van der Waals surface area contributed by atoms with E-state index in [1.165, 1.54) is 4.88 Å². The summed E-state index contributed by atoms with van der Waals surface area (Å²) in [7, 11) is -0.712. The Morgan fingerprint density at radius 3 is 3.00 bits per heavy atom. The zero-order valence-electron chi connectivity index (χ0n) is 16.6. The van der Waals surface area contributed by atoms with Gasteiger partial charge in [-0.2, -0.15) is 0 Å². The highest BCUT2D eigenvalue weighted by atomic mass is 32.2. The second-order valence-electron chi connectivity index (χ2n) is 7.12. The molecule has 1 aliphatic carbocycles. The molecule has 1 saturated carbocycles. The quantitative estimate of drug-likeness (QED) is 0.478. The predicted molar refractivity (Wildman–Crippen MR) is 119 cm³/mol. The summed E-state index contributed by atoms with van der Waals surface area (Å²) < 4.78 is 17.6. The lowest BCUT2D eigenvalue weighted by Gasteiger charge is -2.30. The molecule has 28 heavy (non-hydrogen) atoms. The fourth-order valence-electron chi connectivity index (χ4n) is 3.59. The van der Waals surface area contributed by atoms with Crippen LogP contribution in [0.5, 0.6) is 0 Å². The summed E-state index contributed by atoms with van der Waals surface area (Å²) in [6, 6.07) is 8.49. The van der Waals surface area contributed by atoms with Crippen molar-refractivity contribution in [1.82, 2.24) is 10.6 Å². The minimum Gasteiger partial charge on any atom is -0.469 e. The normalized spacial score (nSPS) is 21.4. The molecule has 0 amide bonds. The molecule has 2 aromatic heterocycles. The number of guanidine groups is 1. The molecular weight excluding hydrogens is 390 g/mol. The highest BCUT2D eigenvalue weighted by Crippen LogP contribution is 2.23. The van der Waals surface area contributed by atoms with Gasteiger partial charge in [-0.15, -0.1) is 11.3 Å². The fraction of sp³-hybridized carbons (Fsp3) is 0.571. The maximum Gasteiger partial charge on any atom is 0.191 e. The summed E-state index contributed by atoms with van der Waals surface area (Å²) >= 11 is 1.78. The van der Waals surface area contributed by atoms with Gasteiger partial charge in [0.25, 0.3) is 0 Å². The van der Waals surface area contributed by atoms with E-state index in [2.05, 4.69) is 28.1 Å². The smallest absolute Gasteiger partial charge is 0.191 e. The summed E-state index contributed by atoms with van der Waals surface area (Å²) in [5.74, 6) is 2.58. The number of aliphatic imine (C=N–C) groups is 1. The second-order valence-corrected chi connectivity index (χ2v) is 10.2. The molecular formula is C21H31N3O2S2. The number of hydrogen-bond donors (Lipinski definition) is 2. The Morgan fingerprint density at radius 2 is 2.25 bits per heavy atom. The van der Waals surface area contributed by atoms with Crippen molar-refractivity contribution >= 4 is 28.1 Å². The lowest BCUT2D eigenvalue weighted by molar-refractivity contribution is 0.413. The fourth-order valence-corrected chi connectivity index (χ4v) is 5.63. The van der Waals surface area contributed by atoms with Crippen molar-refractivity contribution in [3.8, 4) is 0 Å². The molecule has 2 aromatic rings. The van der Waals surface area contributed by atoms with E-state index in [4.69, 9.17) is 9.41 Å². The van der Waals surface area contributed by atoms with Crippen LogP contribution in [0, 0.1) is 0 Å². The molecule has 0 spiro atoms. The van der Waals surface area contributed by atoms with Crippen LogP contribution in [0.2, 0.25) is 0 Å². The molecule has 0 aromatic carbocycles. The molecule has 5 nitrogen and oxygen atoms in total. The van der Waals surface area contributed by atoms with Gasteiger partial charge in [-0.25, -0.2) is 0 Å². The molecule has 2 N–H and O–H groups in total. The van der Waals surface area contributed by atoms with Crippen LogP contribution in [-0.2, 0) is 23.6 Å². The zero-order chi connectivity index (χ0) is 19.6. The first-order chi connectivity index (χ1) is 13.7. The van der Waals surface area contributed by atoms with Crippen molar-refractivity contribution in [1.29, 1.82) is 0 Å². The van der Waals surface area contributed by atoms with Gasteiger partial charge in [-0.05, 0) is 42.8 Å². The van der Waals surface area contributed by atoms with Crippen molar-refractivity contribution < 1.29 is 8.63 Å². The van der Waals surface area contributed by atoms with E-state index in [0.29, 0.717) is 11.3 Å². The maximum atomic E-state index is 12.2. The predicted octanol–water partition coefficient (Wildman–Crippen LogP) is 3.74. The molecule has 0 saturated heterocycles. The van der Waals surface area contributed by atoms with Crippen LogP contribution in [-0.4, -0.2) is 40.3 Å². The van der Waals surface area contributed by atoms with Gasteiger partial charge >= 0.3 is 0 Å². The monoisotopic (exact) mass is 421 g/mol. The highest BCUT2D eigenvalue weighted by molar-refractivity contribution is 7.85. The summed E-state index contributed by atoms with van der Waals surface area (Å²) in [5, 5.41) is 9.47. The van der Waals surface area contributed by atoms with E-state index >= 15 is 0 Å². The van der Waals surface area contributed by atoms with Crippen molar-refractivity contribution in [2.24, 2.45) is 4.99 Å². The van der Waals surface area contributed by atoms with Crippen LogP contribution in [0.4, 0.5) is 0 Å². The Hall–Kier alpha value is -1.60. The van der Waals surface area contributed by atoms with Crippen LogP contribution in [0.3, 0.4) is 0 Å².